The Kier molecular flexibility index (Phi) is 6.80. The molecule has 0 saturated carbocycles. The van der Waals surface area contributed by atoms with E-state index < -0.39 is 0 Å². The Bertz CT molecular complexity index is 654. The van der Waals surface area contributed by atoms with Crippen LogP contribution in [-0.2, 0) is 13.0 Å². The van der Waals surface area contributed by atoms with Crippen LogP contribution < -0.4 is 0 Å². The zero-order valence-corrected chi connectivity index (χ0v) is 15.4. The molecule has 0 aliphatic rings. The Morgan fingerprint density at radius 3 is 2.30 bits per heavy atom. The summed E-state index contributed by atoms with van der Waals surface area (Å²) in [6.45, 7) is 4.61. The molecule has 7 heteroatoms. The summed E-state index contributed by atoms with van der Waals surface area (Å²) >= 11 is 13.7. The van der Waals surface area contributed by atoms with Crippen molar-refractivity contribution in [3.05, 3.63) is 39.8 Å². The van der Waals surface area contributed by atoms with Crippen molar-refractivity contribution in [2.45, 2.75) is 42.7 Å². The van der Waals surface area contributed by atoms with Crippen LogP contribution in [0.3, 0.4) is 0 Å². The second-order valence-electron chi connectivity index (χ2n) is 5.43. The molecule has 0 atom stereocenters. The van der Waals surface area contributed by atoms with Gasteiger partial charge in [-0.15, -0.1) is 0 Å². The van der Waals surface area contributed by atoms with Crippen LogP contribution in [0.2, 0.25) is 10.0 Å². The van der Waals surface area contributed by atoms with Crippen LogP contribution >= 0.6 is 35.0 Å². The first-order valence-corrected chi connectivity index (χ1v) is 8.98. The average Bonchev–Trinajstić information content (AvgIpc) is 2.77. The lowest BCUT2D eigenvalue weighted by molar-refractivity contribution is 0.263. The molecule has 4 nitrogen and oxygen atoms in total. The van der Waals surface area contributed by atoms with Gasteiger partial charge in [0.05, 0.1) is 18.9 Å². The van der Waals surface area contributed by atoms with E-state index in [0.29, 0.717) is 23.0 Å². The second kappa shape index (κ2) is 8.40. The highest BCUT2D eigenvalue weighted by atomic mass is 35.5. The Morgan fingerprint density at radius 1 is 1.13 bits per heavy atom. The summed E-state index contributed by atoms with van der Waals surface area (Å²) in [4.78, 5) is 5.58. The third kappa shape index (κ3) is 4.64. The fourth-order valence-corrected chi connectivity index (χ4v) is 4.25. The summed E-state index contributed by atoms with van der Waals surface area (Å²) in [7, 11) is 0. The minimum absolute atomic E-state index is 0.0101. The van der Waals surface area contributed by atoms with Crippen molar-refractivity contribution in [2.24, 2.45) is 0 Å². The third-order valence-electron chi connectivity index (χ3n) is 3.28. The summed E-state index contributed by atoms with van der Waals surface area (Å²) in [6, 6.07) is 5.40. The molecule has 1 aromatic heterocycles. The van der Waals surface area contributed by atoms with E-state index in [2.05, 4.69) is 18.8 Å². The standard InChI is InChI=1S/C16H20Cl2N2O2S/c1-10(2)15-16(20(4-6-22)14(19-15)3-5-21)23-13-8-11(17)7-12(18)9-13/h7-10,21-22H,3-6H2,1-2H3. The zero-order chi connectivity index (χ0) is 17.0. The number of aliphatic hydroxyl groups excluding tert-OH is 2. The summed E-state index contributed by atoms with van der Waals surface area (Å²) in [5, 5.41) is 20.7. The SMILES string of the molecule is CC(C)c1nc(CCO)n(CCO)c1Sc1cc(Cl)cc(Cl)c1. The molecule has 2 N–H and O–H groups in total. The number of imidazole rings is 1. The number of nitrogens with zero attached hydrogens (tertiary/aromatic N) is 2. The van der Waals surface area contributed by atoms with Crippen LogP contribution in [0.25, 0.3) is 0 Å². The molecule has 1 heterocycles. The van der Waals surface area contributed by atoms with E-state index in [0.717, 1.165) is 21.4 Å². The van der Waals surface area contributed by atoms with Crippen LogP contribution in [0, 0.1) is 0 Å². The Labute approximate surface area is 150 Å². The van der Waals surface area contributed by atoms with Crippen LogP contribution in [0.4, 0.5) is 0 Å². The number of aromatic nitrogens is 2. The maximum Gasteiger partial charge on any atom is 0.112 e. The monoisotopic (exact) mass is 374 g/mol. The molecule has 0 amide bonds. The molecule has 23 heavy (non-hydrogen) atoms. The second-order valence-corrected chi connectivity index (χ2v) is 7.36. The van der Waals surface area contributed by atoms with Crippen LogP contribution in [0.5, 0.6) is 0 Å². The maximum absolute atomic E-state index is 9.38. The molecule has 126 valence electrons. The van der Waals surface area contributed by atoms with Crippen LogP contribution in [0.15, 0.2) is 28.1 Å². The molecule has 2 aromatic rings. The number of benzene rings is 1. The number of aliphatic hydroxyl groups is 2. The molecular formula is C16H20Cl2N2O2S. The average molecular weight is 375 g/mol. The Hall–Kier alpha value is -0.720. The van der Waals surface area contributed by atoms with Gasteiger partial charge in [-0.3, -0.25) is 0 Å². The van der Waals surface area contributed by atoms with Gasteiger partial charge >= 0.3 is 0 Å². The van der Waals surface area contributed by atoms with Crippen molar-refractivity contribution in [3.63, 3.8) is 0 Å². The fraction of sp³-hybridized carbons (Fsp3) is 0.438. The molecule has 0 aliphatic carbocycles. The van der Waals surface area contributed by atoms with E-state index in [1.165, 1.54) is 11.8 Å². The van der Waals surface area contributed by atoms with Gasteiger partial charge in [-0.25, -0.2) is 4.98 Å². The highest BCUT2D eigenvalue weighted by Crippen LogP contribution is 2.37. The van der Waals surface area contributed by atoms with E-state index in [4.69, 9.17) is 23.2 Å². The van der Waals surface area contributed by atoms with Crippen molar-refractivity contribution in [2.75, 3.05) is 13.2 Å². The number of hydrogen-bond donors (Lipinski definition) is 2. The lowest BCUT2D eigenvalue weighted by Gasteiger charge is -2.12. The minimum Gasteiger partial charge on any atom is -0.396 e. The molecule has 0 radical (unpaired) electrons. The normalized spacial score (nSPS) is 11.4. The minimum atomic E-state index is 0.0101. The first-order chi connectivity index (χ1) is 11.0. The first kappa shape index (κ1) is 18.6. The number of hydrogen-bond acceptors (Lipinski definition) is 4. The van der Waals surface area contributed by atoms with Gasteiger partial charge < -0.3 is 14.8 Å². The molecule has 0 aliphatic heterocycles. The Balaban J connectivity index is 2.48. The highest BCUT2D eigenvalue weighted by molar-refractivity contribution is 7.99. The summed E-state index contributed by atoms with van der Waals surface area (Å²) in [5.41, 5.74) is 0.947. The van der Waals surface area contributed by atoms with E-state index in [1.807, 2.05) is 16.7 Å². The van der Waals surface area contributed by atoms with Crippen LogP contribution in [-0.4, -0.2) is 33.0 Å². The maximum atomic E-state index is 9.38. The number of rotatable bonds is 7. The number of halogens is 2. The van der Waals surface area contributed by atoms with Crippen molar-refractivity contribution >= 4 is 35.0 Å². The highest BCUT2D eigenvalue weighted by Gasteiger charge is 2.20. The first-order valence-electron chi connectivity index (χ1n) is 7.41. The van der Waals surface area contributed by atoms with Gasteiger partial charge in [0.2, 0.25) is 0 Å². The fourth-order valence-electron chi connectivity index (χ4n) is 2.31. The van der Waals surface area contributed by atoms with Crippen molar-refractivity contribution in [1.29, 1.82) is 0 Å². The van der Waals surface area contributed by atoms with Gasteiger partial charge in [-0.1, -0.05) is 48.8 Å². The molecule has 0 unspecified atom stereocenters. The van der Waals surface area contributed by atoms with Crippen LogP contribution in [0.1, 0.15) is 31.3 Å². The third-order valence-corrected chi connectivity index (χ3v) is 4.81. The van der Waals surface area contributed by atoms with Crippen molar-refractivity contribution in [1.82, 2.24) is 9.55 Å². The Morgan fingerprint density at radius 2 is 1.78 bits per heavy atom. The molecule has 2 rings (SSSR count). The summed E-state index contributed by atoms with van der Waals surface area (Å²) in [5.74, 6) is 1.01. The topological polar surface area (TPSA) is 58.3 Å². The van der Waals surface area contributed by atoms with Gasteiger partial charge in [-0.2, -0.15) is 0 Å². The molecule has 1 aromatic carbocycles. The predicted octanol–water partition coefficient (Wildman–Crippen LogP) is 3.99. The zero-order valence-electron chi connectivity index (χ0n) is 13.1. The van der Waals surface area contributed by atoms with Crippen molar-refractivity contribution < 1.29 is 10.2 Å². The summed E-state index contributed by atoms with van der Waals surface area (Å²) < 4.78 is 1.96. The lowest BCUT2D eigenvalue weighted by Crippen LogP contribution is -2.09. The van der Waals surface area contributed by atoms with Gasteiger partial charge in [-0.05, 0) is 24.1 Å². The van der Waals surface area contributed by atoms with E-state index in [9.17, 15) is 10.2 Å². The molecular weight excluding hydrogens is 355 g/mol. The lowest BCUT2D eigenvalue weighted by atomic mass is 10.1. The van der Waals surface area contributed by atoms with Crippen molar-refractivity contribution in [3.8, 4) is 0 Å². The van der Waals surface area contributed by atoms with Gasteiger partial charge in [0, 0.05) is 27.9 Å². The molecule has 0 saturated heterocycles. The van der Waals surface area contributed by atoms with Gasteiger partial charge in [0.15, 0.2) is 0 Å². The largest absolute Gasteiger partial charge is 0.396 e. The smallest absolute Gasteiger partial charge is 0.112 e. The molecule has 0 bridgehead atoms. The van der Waals surface area contributed by atoms with E-state index >= 15 is 0 Å². The molecule has 0 spiro atoms. The van der Waals surface area contributed by atoms with E-state index in [-0.39, 0.29) is 19.1 Å². The van der Waals surface area contributed by atoms with E-state index in [1.54, 1.807) is 6.07 Å². The molecule has 0 fully saturated rings. The predicted molar refractivity (Wildman–Crippen MR) is 94.8 cm³/mol. The quantitative estimate of drug-likeness (QED) is 0.768. The van der Waals surface area contributed by atoms with Gasteiger partial charge in [0.25, 0.3) is 0 Å². The summed E-state index contributed by atoms with van der Waals surface area (Å²) in [6.07, 6.45) is 0.455. The van der Waals surface area contributed by atoms with Gasteiger partial charge in [0.1, 0.15) is 10.9 Å².